The van der Waals surface area contributed by atoms with Crippen LogP contribution in [-0.2, 0) is 0 Å². The first-order valence-corrected chi connectivity index (χ1v) is 3.55. The van der Waals surface area contributed by atoms with Crippen molar-refractivity contribution in [2.45, 2.75) is 6.92 Å². The Hall–Kier alpha value is -0.810. The average molecular weight is 198 g/mol. The molecule has 0 spiro atoms. The highest BCUT2D eigenvalue weighted by atomic mass is 79.9. The lowest BCUT2D eigenvalue weighted by Gasteiger charge is -1.80. The van der Waals surface area contributed by atoms with Crippen LogP contribution in [0.5, 0.6) is 0 Å². The molecule has 0 N–H and O–H groups in total. The molecule has 0 radical (unpaired) electrons. The molecule has 0 saturated carbocycles. The molecule has 0 amide bonds. The van der Waals surface area contributed by atoms with E-state index in [0.29, 0.717) is 5.57 Å². The fourth-order valence-electron chi connectivity index (χ4n) is 0.334. The smallest absolute Gasteiger partial charge is 0.0985 e. The molecule has 10 heavy (non-hydrogen) atoms. The quantitative estimate of drug-likeness (QED) is 0.494. The van der Waals surface area contributed by atoms with E-state index >= 15 is 0 Å². The molecule has 0 aromatic rings. The summed E-state index contributed by atoms with van der Waals surface area (Å²) in [5.41, 5.74) is 0.463. The van der Waals surface area contributed by atoms with Crippen LogP contribution >= 0.6 is 15.9 Å². The lowest BCUT2D eigenvalue weighted by atomic mass is 10.3. The summed E-state index contributed by atoms with van der Waals surface area (Å²) in [4.78, 5) is 0. The molecule has 0 aromatic carbocycles. The van der Waals surface area contributed by atoms with Crippen LogP contribution in [0, 0.1) is 11.3 Å². The van der Waals surface area contributed by atoms with Gasteiger partial charge in [0.2, 0.25) is 0 Å². The summed E-state index contributed by atoms with van der Waals surface area (Å²) in [5.74, 6) is 0. The van der Waals surface area contributed by atoms with Gasteiger partial charge in [0, 0.05) is 5.57 Å². The zero-order valence-electron chi connectivity index (χ0n) is 5.76. The van der Waals surface area contributed by atoms with Gasteiger partial charge < -0.3 is 0 Å². The first-order valence-electron chi connectivity index (χ1n) is 2.76. The Bertz CT molecular complexity index is 214. The van der Waals surface area contributed by atoms with Gasteiger partial charge in [0.05, 0.1) is 6.07 Å². The highest BCUT2D eigenvalue weighted by molar-refractivity contribution is 9.11. The second-order valence-corrected chi connectivity index (χ2v) is 3.00. The molecule has 0 aromatic heterocycles. The first-order chi connectivity index (χ1) is 4.66. The zero-order valence-corrected chi connectivity index (χ0v) is 7.35. The minimum atomic E-state index is 0.463. The number of hydrogen-bond donors (Lipinski definition) is 0. The Morgan fingerprint density at radius 2 is 2.30 bits per heavy atom. The van der Waals surface area contributed by atoms with E-state index in [-0.39, 0.29) is 0 Å². The molecule has 1 nitrogen and oxygen atoms in total. The van der Waals surface area contributed by atoms with Crippen molar-refractivity contribution >= 4 is 15.9 Å². The van der Waals surface area contributed by atoms with E-state index in [9.17, 15) is 0 Å². The number of rotatable bonds is 2. The molecule has 0 rings (SSSR count). The molecule has 0 aliphatic heterocycles. The fourth-order valence-corrected chi connectivity index (χ4v) is 0.487. The molecular formula is C8H8BrN. The van der Waals surface area contributed by atoms with Crippen molar-refractivity contribution < 1.29 is 0 Å². The van der Waals surface area contributed by atoms with Gasteiger partial charge in [-0.05, 0) is 17.5 Å². The predicted molar refractivity (Wildman–Crippen MR) is 46.6 cm³/mol. The van der Waals surface area contributed by atoms with Crippen LogP contribution in [0.1, 0.15) is 6.92 Å². The van der Waals surface area contributed by atoms with E-state index < -0.39 is 0 Å². The lowest BCUT2D eigenvalue weighted by molar-refractivity contribution is 1.50. The van der Waals surface area contributed by atoms with Crippen LogP contribution in [0.3, 0.4) is 0 Å². The highest BCUT2D eigenvalue weighted by Crippen LogP contribution is 2.01. The number of nitrogens with zero attached hydrogens (tertiary/aromatic N) is 1. The van der Waals surface area contributed by atoms with Gasteiger partial charge in [0.1, 0.15) is 0 Å². The van der Waals surface area contributed by atoms with E-state index in [1.54, 1.807) is 12.2 Å². The summed E-state index contributed by atoms with van der Waals surface area (Å²) in [5, 5.41) is 8.27. The molecule has 0 aliphatic carbocycles. The van der Waals surface area contributed by atoms with Gasteiger partial charge in [-0.2, -0.15) is 5.26 Å². The van der Waals surface area contributed by atoms with Crippen LogP contribution in [-0.4, -0.2) is 0 Å². The van der Waals surface area contributed by atoms with E-state index in [2.05, 4.69) is 22.5 Å². The molecular weight excluding hydrogens is 190 g/mol. The molecule has 0 aliphatic rings. The third-order valence-electron chi connectivity index (χ3n) is 0.767. The van der Waals surface area contributed by atoms with Crippen LogP contribution in [0.2, 0.25) is 0 Å². The number of halogens is 1. The molecule has 0 saturated heterocycles. The van der Waals surface area contributed by atoms with Gasteiger partial charge in [0.25, 0.3) is 0 Å². The van der Waals surface area contributed by atoms with Gasteiger partial charge in [0.15, 0.2) is 0 Å². The molecule has 52 valence electrons. The molecule has 0 unspecified atom stereocenters. The second kappa shape index (κ2) is 5.01. The van der Waals surface area contributed by atoms with Crippen molar-refractivity contribution in [3.8, 4) is 6.07 Å². The monoisotopic (exact) mass is 197 g/mol. The topological polar surface area (TPSA) is 23.8 Å². The number of hydrogen-bond acceptors (Lipinski definition) is 1. The van der Waals surface area contributed by atoms with Crippen molar-refractivity contribution in [2.75, 3.05) is 0 Å². The SMILES string of the molecule is C=C(C#N)/C=C\C=C(/C)Br. The molecule has 0 bridgehead atoms. The van der Waals surface area contributed by atoms with E-state index in [0.717, 1.165) is 4.48 Å². The molecule has 0 heterocycles. The van der Waals surface area contributed by atoms with Crippen molar-refractivity contribution in [1.29, 1.82) is 5.26 Å². The van der Waals surface area contributed by atoms with Gasteiger partial charge in [-0.25, -0.2) is 0 Å². The van der Waals surface area contributed by atoms with Crippen LogP contribution < -0.4 is 0 Å². The van der Waals surface area contributed by atoms with Gasteiger partial charge in [-0.15, -0.1) is 0 Å². The minimum absolute atomic E-state index is 0.463. The van der Waals surface area contributed by atoms with E-state index in [1.807, 2.05) is 19.1 Å². The van der Waals surface area contributed by atoms with E-state index in [4.69, 9.17) is 5.26 Å². The summed E-state index contributed by atoms with van der Waals surface area (Å²) in [7, 11) is 0. The lowest BCUT2D eigenvalue weighted by Crippen LogP contribution is -1.63. The minimum Gasteiger partial charge on any atom is -0.192 e. The number of nitriles is 1. The maximum absolute atomic E-state index is 8.27. The Morgan fingerprint density at radius 3 is 2.70 bits per heavy atom. The Kier molecular flexibility index (Phi) is 4.61. The average Bonchev–Trinajstić information content (AvgIpc) is 1.87. The second-order valence-electron chi connectivity index (χ2n) is 1.75. The predicted octanol–water partition coefficient (Wildman–Crippen LogP) is 2.92. The Balaban J connectivity index is 3.93. The van der Waals surface area contributed by atoms with Gasteiger partial charge in [-0.1, -0.05) is 34.7 Å². The largest absolute Gasteiger partial charge is 0.192 e. The maximum Gasteiger partial charge on any atom is 0.0985 e. The number of allylic oxidation sites excluding steroid dienone is 5. The summed E-state index contributed by atoms with van der Waals surface area (Å²) >= 11 is 3.24. The molecule has 0 fully saturated rings. The summed E-state index contributed by atoms with van der Waals surface area (Å²) in [6.07, 6.45) is 5.28. The maximum atomic E-state index is 8.27. The molecule has 0 atom stereocenters. The van der Waals surface area contributed by atoms with Gasteiger partial charge in [-0.3, -0.25) is 0 Å². The third kappa shape index (κ3) is 5.33. The van der Waals surface area contributed by atoms with Crippen molar-refractivity contribution in [3.05, 3.63) is 34.9 Å². The van der Waals surface area contributed by atoms with Crippen LogP contribution in [0.4, 0.5) is 0 Å². The van der Waals surface area contributed by atoms with Crippen molar-refractivity contribution in [1.82, 2.24) is 0 Å². The normalized spacial score (nSPS) is 11.5. The van der Waals surface area contributed by atoms with Crippen molar-refractivity contribution in [2.24, 2.45) is 0 Å². The van der Waals surface area contributed by atoms with E-state index in [1.165, 1.54) is 0 Å². The Labute approximate surface area is 69.5 Å². The summed E-state index contributed by atoms with van der Waals surface area (Å²) in [6.45, 7) is 5.39. The van der Waals surface area contributed by atoms with Crippen LogP contribution in [0.15, 0.2) is 34.9 Å². The standard InChI is InChI=1S/C8H8BrN/c1-7(6-10)4-3-5-8(2)9/h3-5H,1H2,2H3/b4-3-,8-5+. The van der Waals surface area contributed by atoms with Crippen molar-refractivity contribution in [3.63, 3.8) is 0 Å². The third-order valence-corrected chi connectivity index (χ3v) is 1.03. The zero-order chi connectivity index (χ0) is 7.98. The van der Waals surface area contributed by atoms with Crippen LogP contribution in [0.25, 0.3) is 0 Å². The first kappa shape index (κ1) is 9.19. The highest BCUT2D eigenvalue weighted by Gasteiger charge is 1.78. The van der Waals surface area contributed by atoms with Gasteiger partial charge >= 0.3 is 0 Å². The summed E-state index contributed by atoms with van der Waals surface area (Å²) in [6, 6.07) is 1.91. The Morgan fingerprint density at radius 1 is 1.70 bits per heavy atom. The fraction of sp³-hybridized carbons (Fsp3) is 0.125. The summed E-state index contributed by atoms with van der Waals surface area (Å²) < 4.78 is 1.02. The molecule has 2 heteroatoms.